The van der Waals surface area contributed by atoms with Crippen LogP contribution in [0.4, 0.5) is 24.7 Å². The molecular weight excluding hydrogens is 553 g/mol. The monoisotopic (exact) mass is 578 g/mol. The molecule has 35 heavy (non-hydrogen) atoms. The zero-order valence-corrected chi connectivity index (χ0v) is 22.1. The Balaban J connectivity index is 0.000000269. The third-order valence-corrected chi connectivity index (χ3v) is 6.22. The first-order chi connectivity index (χ1) is 16.2. The number of piperazine rings is 1. The summed E-state index contributed by atoms with van der Waals surface area (Å²) in [7, 11) is 0. The van der Waals surface area contributed by atoms with Crippen LogP contribution in [-0.4, -0.2) is 54.7 Å². The SMILES string of the molecule is CC(C)(C)C(=O)N1CCN(c2ccc(NC=O)cn2)CC1.Cc1cc(Cl)c(Br)c(OC(F)(F)F)c1. The Morgan fingerprint density at radius 3 is 2.29 bits per heavy atom. The van der Waals surface area contributed by atoms with Gasteiger partial charge in [0.1, 0.15) is 11.6 Å². The number of aryl methyl sites for hydroxylation is 1. The van der Waals surface area contributed by atoms with Gasteiger partial charge in [-0.15, -0.1) is 13.2 Å². The summed E-state index contributed by atoms with van der Waals surface area (Å²) < 4.78 is 39.6. The minimum atomic E-state index is -4.71. The van der Waals surface area contributed by atoms with Gasteiger partial charge < -0.3 is 19.9 Å². The van der Waals surface area contributed by atoms with Gasteiger partial charge in [0.2, 0.25) is 12.3 Å². The normalized spacial score (nSPS) is 14.1. The fraction of sp³-hybridized carbons (Fsp3) is 0.435. The van der Waals surface area contributed by atoms with Crippen molar-refractivity contribution in [3.05, 3.63) is 45.5 Å². The first-order valence-corrected chi connectivity index (χ1v) is 11.8. The maximum absolute atomic E-state index is 12.2. The van der Waals surface area contributed by atoms with Crippen LogP contribution in [-0.2, 0) is 9.59 Å². The van der Waals surface area contributed by atoms with Gasteiger partial charge in [-0.1, -0.05) is 32.4 Å². The summed E-state index contributed by atoms with van der Waals surface area (Å²) >= 11 is 8.56. The van der Waals surface area contributed by atoms with Crippen LogP contribution < -0.4 is 15.0 Å². The average Bonchev–Trinajstić information content (AvgIpc) is 2.76. The summed E-state index contributed by atoms with van der Waals surface area (Å²) in [6.07, 6.45) is -2.44. The van der Waals surface area contributed by atoms with Gasteiger partial charge in [0.25, 0.3) is 0 Å². The van der Waals surface area contributed by atoms with Crippen LogP contribution >= 0.6 is 27.5 Å². The van der Waals surface area contributed by atoms with Crippen molar-refractivity contribution in [1.82, 2.24) is 9.88 Å². The van der Waals surface area contributed by atoms with Crippen LogP contribution in [0.2, 0.25) is 5.02 Å². The molecule has 7 nitrogen and oxygen atoms in total. The van der Waals surface area contributed by atoms with Crippen LogP contribution in [0.1, 0.15) is 26.3 Å². The molecule has 0 saturated carbocycles. The molecule has 1 fully saturated rings. The Bertz CT molecular complexity index is 1020. The number of amides is 2. The van der Waals surface area contributed by atoms with E-state index in [4.69, 9.17) is 11.6 Å². The van der Waals surface area contributed by atoms with Crippen LogP contribution in [0.25, 0.3) is 0 Å². The Hall–Kier alpha value is -2.53. The van der Waals surface area contributed by atoms with E-state index in [0.717, 1.165) is 18.9 Å². The van der Waals surface area contributed by atoms with E-state index in [1.165, 1.54) is 12.1 Å². The molecule has 0 unspecified atom stereocenters. The summed E-state index contributed by atoms with van der Waals surface area (Å²) in [5.41, 5.74) is 0.940. The lowest BCUT2D eigenvalue weighted by atomic mass is 9.94. The fourth-order valence-corrected chi connectivity index (χ4v) is 3.81. The number of nitrogens with one attached hydrogen (secondary N) is 1. The fourth-order valence-electron chi connectivity index (χ4n) is 3.23. The molecule has 2 heterocycles. The van der Waals surface area contributed by atoms with Crippen LogP contribution in [0.15, 0.2) is 34.9 Å². The number of nitrogens with zero attached hydrogens (tertiary/aromatic N) is 3. The molecule has 1 aliphatic rings. The van der Waals surface area contributed by atoms with Crippen molar-refractivity contribution in [2.24, 2.45) is 5.41 Å². The van der Waals surface area contributed by atoms with E-state index in [0.29, 0.717) is 30.8 Å². The van der Waals surface area contributed by atoms with Gasteiger partial charge >= 0.3 is 6.36 Å². The van der Waals surface area contributed by atoms with Crippen LogP contribution in [0.3, 0.4) is 0 Å². The summed E-state index contributed by atoms with van der Waals surface area (Å²) in [6.45, 7) is 10.4. The third kappa shape index (κ3) is 8.88. The minimum Gasteiger partial charge on any atom is -0.405 e. The predicted octanol–water partition coefficient (Wildman–Crippen LogP) is 5.65. The quantitative estimate of drug-likeness (QED) is 0.474. The van der Waals surface area contributed by atoms with Gasteiger partial charge in [-0.05, 0) is 52.7 Å². The number of carbonyl (C=O) groups excluding carboxylic acids is 2. The van der Waals surface area contributed by atoms with Gasteiger partial charge in [0.15, 0.2) is 0 Å². The van der Waals surface area contributed by atoms with E-state index >= 15 is 0 Å². The predicted molar refractivity (Wildman–Crippen MR) is 133 cm³/mol. The van der Waals surface area contributed by atoms with Crippen molar-refractivity contribution in [1.29, 1.82) is 0 Å². The number of hydrogen-bond donors (Lipinski definition) is 1. The van der Waals surface area contributed by atoms with E-state index in [2.05, 4.69) is 35.9 Å². The zero-order chi connectivity index (χ0) is 26.4. The Morgan fingerprint density at radius 1 is 1.17 bits per heavy atom. The van der Waals surface area contributed by atoms with Gasteiger partial charge in [0.05, 0.1) is 21.4 Å². The van der Waals surface area contributed by atoms with Crippen LogP contribution in [0.5, 0.6) is 5.75 Å². The van der Waals surface area contributed by atoms with E-state index < -0.39 is 6.36 Å². The van der Waals surface area contributed by atoms with Crippen molar-refractivity contribution in [3.63, 3.8) is 0 Å². The summed E-state index contributed by atoms with van der Waals surface area (Å²) in [4.78, 5) is 31.0. The molecule has 0 atom stereocenters. The van der Waals surface area contributed by atoms with Crippen molar-refractivity contribution in [2.75, 3.05) is 36.4 Å². The third-order valence-electron chi connectivity index (χ3n) is 4.87. The number of aromatic nitrogens is 1. The van der Waals surface area contributed by atoms with Gasteiger partial charge in [-0.2, -0.15) is 0 Å². The summed E-state index contributed by atoms with van der Waals surface area (Å²) in [5.74, 6) is 0.734. The minimum absolute atomic E-state index is 0.0992. The molecule has 3 rings (SSSR count). The van der Waals surface area contributed by atoms with Gasteiger partial charge in [-0.25, -0.2) is 4.98 Å². The lowest BCUT2D eigenvalue weighted by Gasteiger charge is -2.38. The molecular formula is C23H27BrClF3N4O3. The number of carbonyl (C=O) groups is 2. The molecule has 2 amide bonds. The number of rotatable bonds is 4. The van der Waals surface area contributed by atoms with Gasteiger partial charge in [0, 0.05) is 31.6 Å². The summed E-state index contributed by atoms with van der Waals surface area (Å²) in [6, 6.07) is 6.49. The molecule has 0 radical (unpaired) electrons. The maximum atomic E-state index is 12.2. The van der Waals surface area contributed by atoms with Crippen molar-refractivity contribution < 1.29 is 27.5 Å². The molecule has 1 N–H and O–H groups in total. The Labute approximate surface area is 215 Å². The summed E-state index contributed by atoms with van der Waals surface area (Å²) in [5, 5.41) is 2.75. The molecule has 192 valence electrons. The number of anilines is 2. The molecule has 0 spiro atoms. The number of hydrogen-bond acceptors (Lipinski definition) is 5. The van der Waals surface area contributed by atoms with Gasteiger partial charge in [-0.3, -0.25) is 9.59 Å². The molecule has 1 aromatic carbocycles. The first kappa shape index (κ1) is 28.7. The molecule has 0 bridgehead atoms. The molecule has 1 saturated heterocycles. The first-order valence-electron chi connectivity index (χ1n) is 10.6. The van der Waals surface area contributed by atoms with E-state index in [-0.39, 0.29) is 26.6 Å². The lowest BCUT2D eigenvalue weighted by Crippen LogP contribution is -2.51. The highest BCUT2D eigenvalue weighted by Crippen LogP contribution is 2.36. The average molecular weight is 580 g/mol. The standard InChI is InChI=1S/C15H22N4O2.C8H5BrClF3O/c1-15(2,3)14(21)19-8-6-18(7-9-19)13-5-4-12(10-16-13)17-11-20;1-4-2-5(10)7(9)6(3-4)14-8(11,12)13/h4-5,10-11H,6-9H2,1-3H3,(H,17,20);2-3H,1H3. The maximum Gasteiger partial charge on any atom is 0.573 e. The number of pyridine rings is 1. The molecule has 12 heteroatoms. The van der Waals surface area contributed by atoms with Crippen LogP contribution in [0, 0.1) is 12.3 Å². The highest BCUT2D eigenvalue weighted by atomic mass is 79.9. The molecule has 2 aromatic rings. The second kappa shape index (κ2) is 11.9. The topological polar surface area (TPSA) is 74.8 Å². The number of benzene rings is 1. The number of halogens is 5. The lowest BCUT2D eigenvalue weighted by molar-refractivity contribution is -0.274. The Kier molecular flexibility index (Phi) is 9.79. The molecule has 1 aliphatic heterocycles. The van der Waals surface area contributed by atoms with E-state index in [1.54, 1.807) is 13.1 Å². The largest absolute Gasteiger partial charge is 0.573 e. The second-order valence-corrected chi connectivity index (χ2v) is 10.0. The second-order valence-electron chi connectivity index (χ2n) is 8.80. The molecule has 0 aliphatic carbocycles. The Morgan fingerprint density at radius 2 is 1.80 bits per heavy atom. The van der Waals surface area contributed by atoms with Crippen molar-refractivity contribution in [3.8, 4) is 5.75 Å². The highest BCUT2D eigenvalue weighted by Gasteiger charge is 2.32. The smallest absolute Gasteiger partial charge is 0.405 e. The number of ether oxygens (including phenoxy) is 1. The highest BCUT2D eigenvalue weighted by molar-refractivity contribution is 9.10. The van der Waals surface area contributed by atoms with Crippen molar-refractivity contribution in [2.45, 2.75) is 34.1 Å². The van der Waals surface area contributed by atoms with E-state index in [9.17, 15) is 22.8 Å². The molecule has 1 aromatic heterocycles. The zero-order valence-electron chi connectivity index (χ0n) is 19.7. The van der Waals surface area contributed by atoms with Crippen molar-refractivity contribution >= 4 is 51.4 Å². The number of alkyl halides is 3. The van der Waals surface area contributed by atoms with E-state index in [1.807, 2.05) is 37.8 Å².